The van der Waals surface area contributed by atoms with Crippen molar-refractivity contribution in [3.63, 3.8) is 0 Å². The summed E-state index contributed by atoms with van der Waals surface area (Å²) in [6.07, 6.45) is 10.9. The lowest BCUT2D eigenvalue weighted by Gasteiger charge is -2.23. The average Bonchev–Trinajstić information content (AvgIpc) is 3.46. The zero-order valence-corrected chi connectivity index (χ0v) is 19.8. The van der Waals surface area contributed by atoms with E-state index in [1.165, 1.54) is 62.7 Å². The van der Waals surface area contributed by atoms with Crippen LogP contribution in [0.25, 0.3) is 0 Å². The Morgan fingerprint density at radius 3 is 2.41 bits per heavy atom. The number of benzene rings is 1. The first-order chi connectivity index (χ1) is 15.7. The molecule has 1 atom stereocenters. The Morgan fingerprint density at radius 1 is 0.969 bits per heavy atom. The molecule has 2 saturated heterocycles. The Labute approximate surface area is 193 Å². The van der Waals surface area contributed by atoms with Gasteiger partial charge in [0, 0.05) is 45.2 Å². The van der Waals surface area contributed by atoms with Crippen LogP contribution in [0.15, 0.2) is 29.3 Å². The van der Waals surface area contributed by atoms with Crippen LogP contribution in [0.3, 0.4) is 0 Å². The van der Waals surface area contributed by atoms with Crippen molar-refractivity contribution in [1.82, 2.24) is 20.4 Å². The van der Waals surface area contributed by atoms with Crippen LogP contribution in [0, 0.1) is 5.92 Å². The maximum Gasteiger partial charge on any atom is 0.225 e. The van der Waals surface area contributed by atoms with Gasteiger partial charge in [-0.1, -0.05) is 49.9 Å². The summed E-state index contributed by atoms with van der Waals surface area (Å²) in [6.45, 7) is 5.88. The van der Waals surface area contributed by atoms with Gasteiger partial charge in [-0.3, -0.25) is 14.7 Å². The molecule has 2 heterocycles. The SMILES string of the molecule is CN=C(NCc1ccccc1CN1CCCCCC1)NC1CCN(C(=O)C2CCCC2)C1. The Bertz CT molecular complexity index is 765. The van der Waals surface area contributed by atoms with Crippen molar-refractivity contribution in [1.29, 1.82) is 0 Å². The molecule has 32 heavy (non-hydrogen) atoms. The number of likely N-dealkylation sites (tertiary alicyclic amines) is 2. The largest absolute Gasteiger partial charge is 0.352 e. The first-order valence-electron chi connectivity index (χ1n) is 12.8. The second-order valence-electron chi connectivity index (χ2n) is 9.78. The highest BCUT2D eigenvalue weighted by Gasteiger charge is 2.32. The third-order valence-corrected chi connectivity index (χ3v) is 7.43. The van der Waals surface area contributed by atoms with E-state index in [0.717, 1.165) is 51.4 Å². The van der Waals surface area contributed by atoms with E-state index in [0.29, 0.717) is 5.91 Å². The van der Waals surface area contributed by atoms with Crippen molar-refractivity contribution < 1.29 is 4.79 Å². The van der Waals surface area contributed by atoms with Crippen LogP contribution in [0.1, 0.15) is 68.9 Å². The molecule has 2 N–H and O–H groups in total. The lowest BCUT2D eigenvalue weighted by atomic mass is 10.1. The number of rotatable bonds is 6. The molecule has 3 aliphatic rings. The standard InChI is InChI=1S/C26H41N5O/c1-27-26(29-24-14-17-31(20-24)25(32)21-10-4-5-11-21)28-18-22-12-6-7-13-23(22)19-30-15-8-2-3-9-16-30/h6-7,12-13,21,24H,2-5,8-11,14-20H2,1H3,(H2,27,28,29). The molecule has 0 radical (unpaired) electrons. The molecule has 2 aliphatic heterocycles. The minimum atomic E-state index is 0.270. The van der Waals surface area contributed by atoms with E-state index in [-0.39, 0.29) is 12.0 Å². The number of guanidine groups is 1. The van der Waals surface area contributed by atoms with Crippen molar-refractivity contribution in [3.05, 3.63) is 35.4 Å². The summed E-state index contributed by atoms with van der Waals surface area (Å²) in [4.78, 5) is 21.9. The van der Waals surface area contributed by atoms with Gasteiger partial charge < -0.3 is 15.5 Å². The van der Waals surface area contributed by atoms with E-state index in [9.17, 15) is 4.79 Å². The van der Waals surface area contributed by atoms with Gasteiger partial charge in [-0.15, -0.1) is 0 Å². The molecular weight excluding hydrogens is 398 g/mol. The van der Waals surface area contributed by atoms with Crippen molar-refractivity contribution >= 4 is 11.9 Å². The molecule has 1 amide bonds. The first kappa shape index (κ1) is 23.1. The molecule has 0 spiro atoms. The van der Waals surface area contributed by atoms with Crippen LogP contribution in [0.5, 0.6) is 0 Å². The molecule has 1 aliphatic carbocycles. The van der Waals surface area contributed by atoms with Gasteiger partial charge >= 0.3 is 0 Å². The summed E-state index contributed by atoms with van der Waals surface area (Å²) < 4.78 is 0. The maximum atomic E-state index is 12.7. The van der Waals surface area contributed by atoms with Crippen LogP contribution in [0.4, 0.5) is 0 Å². The maximum absolute atomic E-state index is 12.7. The number of aliphatic imine (C=N–C) groups is 1. The van der Waals surface area contributed by atoms with Crippen LogP contribution >= 0.6 is 0 Å². The van der Waals surface area contributed by atoms with E-state index >= 15 is 0 Å². The van der Waals surface area contributed by atoms with E-state index in [1.807, 2.05) is 7.05 Å². The van der Waals surface area contributed by atoms with Gasteiger partial charge in [-0.05, 0) is 56.3 Å². The fourth-order valence-corrected chi connectivity index (χ4v) is 5.50. The Balaban J connectivity index is 1.27. The molecule has 6 heteroatoms. The van der Waals surface area contributed by atoms with E-state index < -0.39 is 0 Å². The Hall–Kier alpha value is -2.08. The molecule has 0 bridgehead atoms. The van der Waals surface area contributed by atoms with E-state index in [2.05, 4.69) is 49.7 Å². The highest BCUT2D eigenvalue weighted by atomic mass is 16.2. The molecule has 1 unspecified atom stereocenters. The summed E-state index contributed by atoms with van der Waals surface area (Å²) >= 11 is 0. The van der Waals surface area contributed by atoms with Crippen molar-refractivity contribution in [2.24, 2.45) is 10.9 Å². The van der Waals surface area contributed by atoms with Gasteiger partial charge in [0.05, 0.1) is 0 Å². The minimum Gasteiger partial charge on any atom is -0.352 e. The summed E-state index contributed by atoms with van der Waals surface area (Å²) in [6, 6.07) is 9.05. The van der Waals surface area contributed by atoms with Gasteiger partial charge in [0.2, 0.25) is 5.91 Å². The number of hydrogen-bond donors (Lipinski definition) is 2. The lowest BCUT2D eigenvalue weighted by molar-refractivity contribution is -0.134. The first-order valence-corrected chi connectivity index (χ1v) is 12.8. The summed E-state index contributed by atoms with van der Waals surface area (Å²) in [5.41, 5.74) is 2.75. The zero-order chi connectivity index (χ0) is 22.2. The van der Waals surface area contributed by atoms with Gasteiger partial charge in [-0.2, -0.15) is 0 Å². The third kappa shape index (κ3) is 6.25. The number of hydrogen-bond acceptors (Lipinski definition) is 3. The van der Waals surface area contributed by atoms with Crippen LogP contribution in [0.2, 0.25) is 0 Å². The number of carbonyl (C=O) groups is 1. The topological polar surface area (TPSA) is 60.0 Å². The van der Waals surface area contributed by atoms with Crippen molar-refractivity contribution in [3.8, 4) is 0 Å². The molecule has 3 fully saturated rings. The monoisotopic (exact) mass is 439 g/mol. The predicted octanol–water partition coefficient (Wildman–Crippen LogP) is 3.52. The third-order valence-electron chi connectivity index (χ3n) is 7.43. The van der Waals surface area contributed by atoms with Crippen LogP contribution < -0.4 is 10.6 Å². The fourth-order valence-electron chi connectivity index (χ4n) is 5.50. The smallest absolute Gasteiger partial charge is 0.225 e. The van der Waals surface area contributed by atoms with Gasteiger partial charge in [0.1, 0.15) is 0 Å². The molecule has 0 aromatic heterocycles. The van der Waals surface area contributed by atoms with Gasteiger partial charge in [0.15, 0.2) is 5.96 Å². The summed E-state index contributed by atoms with van der Waals surface area (Å²) in [7, 11) is 1.83. The molecule has 1 saturated carbocycles. The van der Waals surface area contributed by atoms with E-state index in [1.54, 1.807) is 0 Å². The molecule has 6 nitrogen and oxygen atoms in total. The molecule has 176 valence electrons. The van der Waals surface area contributed by atoms with Gasteiger partial charge in [-0.25, -0.2) is 0 Å². The Morgan fingerprint density at radius 2 is 1.69 bits per heavy atom. The van der Waals surface area contributed by atoms with Crippen molar-refractivity contribution in [2.75, 3.05) is 33.2 Å². The highest BCUT2D eigenvalue weighted by molar-refractivity contribution is 5.81. The number of nitrogens with one attached hydrogen (secondary N) is 2. The van der Waals surface area contributed by atoms with E-state index in [4.69, 9.17) is 0 Å². The number of nitrogens with zero attached hydrogens (tertiary/aromatic N) is 3. The fraction of sp³-hybridized carbons (Fsp3) is 0.692. The quantitative estimate of drug-likeness (QED) is 0.526. The summed E-state index contributed by atoms with van der Waals surface area (Å²) in [5.74, 6) is 1.47. The molecular formula is C26H41N5O. The second-order valence-corrected chi connectivity index (χ2v) is 9.78. The van der Waals surface area contributed by atoms with Crippen LogP contribution in [-0.2, 0) is 17.9 Å². The minimum absolute atomic E-state index is 0.270. The highest BCUT2D eigenvalue weighted by Crippen LogP contribution is 2.27. The number of carbonyl (C=O) groups excluding carboxylic acids is 1. The second kappa shape index (κ2) is 11.7. The normalized spacial score (nSPS) is 23.3. The lowest BCUT2D eigenvalue weighted by Crippen LogP contribution is -2.45. The zero-order valence-electron chi connectivity index (χ0n) is 19.8. The number of amides is 1. The molecule has 1 aromatic carbocycles. The molecule has 1 aromatic rings. The predicted molar refractivity (Wildman–Crippen MR) is 130 cm³/mol. The Kier molecular flexibility index (Phi) is 8.43. The average molecular weight is 440 g/mol. The van der Waals surface area contributed by atoms with Gasteiger partial charge in [0.25, 0.3) is 0 Å². The molecule has 4 rings (SSSR count). The van der Waals surface area contributed by atoms with Crippen molar-refractivity contribution in [2.45, 2.75) is 76.9 Å². The summed E-state index contributed by atoms with van der Waals surface area (Å²) in [5, 5.41) is 7.07. The van der Waals surface area contributed by atoms with Crippen LogP contribution in [-0.4, -0.2) is 60.9 Å².